The van der Waals surface area contributed by atoms with E-state index in [2.05, 4.69) is 29.1 Å². The summed E-state index contributed by atoms with van der Waals surface area (Å²) in [6, 6.07) is 2.58. The first-order chi connectivity index (χ1) is 7.25. The van der Waals surface area contributed by atoms with Gasteiger partial charge in [-0.2, -0.15) is 0 Å². The third-order valence-electron chi connectivity index (χ3n) is 2.96. The van der Waals surface area contributed by atoms with Crippen molar-refractivity contribution in [2.75, 3.05) is 5.32 Å². The maximum atomic E-state index is 4.51. The molecule has 1 aliphatic carbocycles. The molecule has 0 amide bonds. The summed E-state index contributed by atoms with van der Waals surface area (Å²) in [7, 11) is 0. The summed E-state index contributed by atoms with van der Waals surface area (Å²) in [5, 5.41) is 3.41. The van der Waals surface area contributed by atoms with E-state index in [1.165, 1.54) is 25.7 Å². The van der Waals surface area contributed by atoms with Crippen LogP contribution in [0.1, 0.15) is 51.1 Å². The van der Waals surface area contributed by atoms with Gasteiger partial charge < -0.3 is 5.32 Å². The van der Waals surface area contributed by atoms with Gasteiger partial charge in [-0.05, 0) is 24.8 Å². The van der Waals surface area contributed by atoms with Crippen LogP contribution in [-0.4, -0.2) is 16.0 Å². The van der Waals surface area contributed by atoms with E-state index in [0.29, 0.717) is 12.0 Å². The molecule has 15 heavy (non-hydrogen) atoms. The zero-order valence-electron chi connectivity index (χ0n) is 9.53. The first-order valence-corrected chi connectivity index (χ1v) is 5.85. The highest BCUT2D eigenvalue weighted by Crippen LogP contribution is 2.21. The summed E-state index contributed by atoms with van der Waals surface area (Å²) in [5.74, 6) is 1.27. The molecular formula is C12H19N3. The van der Waals surface area contributed by atoms with Crippen LogP contribution in [-0.2, 0) is 0 Å². The van der Waals surface area contributed by atoms with Crippen molar-refractivity contribution in [1.82, 2.24) is 9.97 Å². The topological polar surface area (TPSA) is 37.8 Å². The molecule has 2 rings (SSSR count). The van der Waals surface area contributed by atoms with Crippen molar-refractivity contribution in [3.8, 4) is 0 Å². The zero-order chi connectivity index (χ0) is 10.7. The lowest BCUT2D eigenvalue weighted by atomic mass is 10.1. The van der Waals surface area contributed by atoms with Gasteiger partial charge in [0.2, 0.25) is 5.95 Å². The maximum absolute atomic E-state index is 4.51. The maximum Gasteiger partial charge on any atom is 0.223 e. The minimum Gasteiger partial charge on any atom is -0.351 e. The predicted octanol–water partition coefficient (Wildman–Crippen LogP) is 2.95. The molecule has 0 unspecified atom stereocenters. The average Bonchev–Trinajstić information content (AvgIpc) is 2.71. The molecule has 0 bridgehead atoms. The van der Waals surface area contributed by atoms with Gasteiger partial charge in [0.25, 0.3) is 0 Å². The van der Waals surface area contributed by atoms with Crippen molar-refractivity contribution >= 4 is 5.95 Å². The Morgan fingerprint density at radius 2 is 2.07 bits per heavy atom. The summed E-state index contributed by atoms with van der Waals surface area (Å²) < 4.78 is 0. The highest BCUT2D eigenvalue weighted by molar-refractivity contribution is 5.27. The molecule has 0 aromatic carbocycles. The summed E-state index contributed by atoms with van der Waals surface area (Å²) in [4.78, 5) is 8.78. The molecule has 1 N–H and O–H groups in total. The van der Waals surface area contributed by atoms with Crippen molar-refractivity contribution in [3.05, 3.63) is 18.0 Å². The van der Waals surface area contributed by atoms with Crippen molar-refractivity contribution < 1.29 is 0 Å². The minimum absolute atomic E-state index is 0.470. The van der Waals surface area contributed by atoms with Crippen LogP contribution in [0.15, 0.2) is 12.3 Å². The monoisotopic (exact) mass is 205 g/mol. The first kappa shape index (κ1) is 10.4. The van der Waals surface area contributed by atoms with Gasteiger partial charge in [-0.25, -0.2) is 9.97 Å². The van der Waals surface area contributed by atoms with Crippen LogP contribution in [0.3, 0.4) is 0 Å². The van der Waals surface area contributed by atoms with E-state index in [1.807, 2.05) is 12.3 Å². The average molecular weight is 205 g/mol. The Labute approximate surface area is 91.3 Å². The number of rotatable bonds is 3. The highest BCUT2D eigenvalue weighted by atomic mass is 15.1. The SMILES string of the molecule is CC(C)c1ccnc(NC2CCCC2)n1. The van der Waals surface area contributed by atoms with E-state index in [9.17, 15) is 0 Å². The normalized spacial score (nSPS) is 17.3. The van der Waals surface area contributed by atoms with Crippen LogP contribution >= 0.6 is 0 Å². The molecule has 0 aliphatic heterocycles. The summed E-state index contributed by atoms with van der Waals surface area (Å²) in [6.07, 6.45) is 7.03. The van der Waals surface area contributed by atoms with Gasteiger partial charge in [0, 0.05) is 17.9 Å². The van der Waals surface area contributed by atoms with E-state index in [-0.39, 0.29) is 0 Å². The van der Waals surface area contributed by atoms with Crippen LogP contribution in [0.4, 0.5) is 5.95 Å². The molecule has 1 aromatic rings. The Bertz CT molecular complexity index is 316. The largest absolute Gasteiger partial charge is 0.351 e. The molecule has 1 aliphatic rings. The van der Waals surface area contributed by atoms with Gasteiger partial charge in [-0.1, -0.05) is 26.7 Å². The smallest absolute Gasteiger partial charge is 0.223 e. The van der Waals surface area contributed by atoms with Gasteiger partial charge in [-0.3, -0.25) is 0 Å². The second kappa shape index (κ2) is 4.60. The molecule has 1 fully saturated rings. The molecule has 82 valence electrons. The molecule has 3 nitrogen and oxygen atoms in total. The molecule has 0 spiro atoms. The minimum atomic E-state index is 0.470. The van der Waals surface area contributed by atoms with E-state index >= 15 is 0 Å². The van der Waals surface area contributed by atoms with Crippen LogP contribution in [0.25, 0.3) is 0 Å². The van der Waals surface area contributed by atoms with E-state index in [4.69, 9.17) is 0 Å². The third kappa shape index (κ3) is 2.67. The molecular weight excluding hydrogens is 186 g/mol. The lowest BCUT2D eigenvalue weighted by Gasteiger charge is -2.12. The fourth-order valence-corrected chi connectivity index (χ4v) is 2.02. The van der Waals surface area contributed by atoms with Crippen molar-refractivity contribution in [1.29, 1.82) is 0 Å². The van der Waals surface area contributed by atoms with Crippen LogP contribution in [0, 0.1) is 0 Å². The van der Waals surface area contributed by atoms with Crippen molar-refractivity contribution in [3.63, 3.8) is 0 Å². The molecule has 1 saturated carbocycles. The Balaban J connectivity index is 2.04. The molecule has 3 heteroatoms. The summed E-state index contributed by atoms with van der Waals surface area (Å²) in [6.45, 7) is 4.31. The van der Waals surface area contributed by atoms with Gasteiger partial charge in [0.1, 0.15) is 0 Å². The number of hydrogen-bond donors (Lipinski definition) is 1. The third-order valence-corrected chi connectivity index (χ3v) is 2.96. The van der Waals surface area contributed by atoms with Crippen LogP contribution in [0.2, 0.25) is 0 Å². The zero-order valence-corrected chi connectivity index (χ0v) is 9.53. The number of nitrogens with zero attached hydrogens (tertiary/aromatic N) is 2. The molecule has 0 atom stereocenters. The lowest BCUT2D eigenvalue weighted by Crippen LogP contribution is -2.17. The molecule has 0 saturated heterocycles. The van der Waals surface area contributed by atoms with Crippen LogP contribution in [0.5, 0.6) is 0 Å². The second-order valence-corrected chi connectivity index (χ2v) is 4.59. The van der Waals surface area contributed by atoms with Gasteiger partial charge in [0.05, 0.1) is 0 Å². The van der Waals surface area contributed by atoms with Crippen molar-refractivity contribution in [2.24, 2.45) is 0 Å². The van der Waals surface area contributed by atoms with E-state index < -0.39 is 0 Å². The Hall–Kier alpha value is -1.12. The van der Waals surface area contributed by atoms with Gasteiger partial charge >= 0.3 is 0 Å². The molecule has 0 radical (unpaired) electrons. The second-order valence-electron chi connectivity index (χ2n) is 4.59. The highest BCUT2D eigenvalue weighted by Gasteiger charge is 2.15. The lowest BCUT2D eigenvalue weighted by molar-refractivity contribution is 0.736. The van der Waals surface area contributed by atoms with E-state index in [1.54, 1.807) is 0 Å². The number of anilines is 1. The Morgan fingerprint density at radius 3 is 2.73 bits per heavy atom. The summed E-state index contributed by atoms with van der Waals surface area (Å²) in [5.41, 5.74) is 1.12. The fraction of sp³-hybridized carbons (Fsp3) is 0.667. The Kier molecular flexibility index (Phi) is 3.19. The van der Waals surface area contributed by atoms with Crippen molar-refractivity contribution in [2.45, 2.75) is 51.5 Å². The van der Waals surface area contributed by atoms with Gasteiger partial charge in [0.15, 0.2) is 0 Å². The standard InChI is InChI=1S/C12H19N3/c1-9(2)11-7-8-13-12(15-11)14-10-5-3-4-6-10/h7-10H,3-6H2,1-2H3,(H,13,14,15). The van der Waals surface area contributed by atoms with E-state index in [0.717, 1.165) is 11.6 Å². The fourth-order valence-electron chi connectivity index (χ4n) is 2.02. The quantitative estimate of drug-likeness (QED) is 0.824. The number of hydrogen-bond acceptors (Lipinski definition) is 3. The number of nitrogens with one attached hydrogen (secondary N) is 1. The summed E-state index contributed by atoms with van der Waals surface area (Å²) >= 11 is 0. The first-order valence-electron chi connectivity index (χ1n) is 5.85. The predicted molar refractivity (Wildman–Crippen MR) is 62.0 cm³/mol. The Morgan fingerprint density at radius 1 is 1.33 bits per heavy atom. The van der Waals surface area contributed by atoms with Gasteiger partial charge in [-0.15, -0.1) is 0 Å². The molecule has 1 aromatic heterocycles. The molecule has 1 heterocycles. The van der Waals surface area contributed by atoms with Crippen LogP contribution < -0.4 is 5.32 Å². The number of aromatic nitrogens is 2.